The van der Waals surface area contributed by atoms with Crippen molar-refractivity contribution < 1.29 is 35.9 Å². The Morgan fingerprint density at radius 1 is 0.769 bits per heavy atom. The van der Waals surface area contributed by atoms with Crippen LogP contribution in [0.25, 0.3) is 0 Å². The van der Waals surface area contributed by atoms with Gasteiger partial charge in [0.1, 0.15) is 0 Å². The van der Waals surface area contributed by atoms with Crippen molar-refractivity contribution in [2.45, 2.75) is 64.7 Å². The van der Waals surface area contributed by atoms with Gasteiger partial charge in [0.05, 0.1) is 26.9 Å². The largest absolute Gasteiger partial charge is 0.417 e. The summed E-state index contributed by atoms with van der Waals surface area (Å²) in [5.41, 5.74) is 10.6. The summed E-state index contributed by atoms with van der Waals surface area (Å²) in [5.74, 6) is 1.33. The molecule has 0 spiro atoms. The summed E-state index contributed by atoms with van der Waals surface area (Å²) < 4.78 is 75.5. The van der Waals surface area contributed by atoms with Crippen LogP contribution < -0.4 is 16.4 Å². The van der Waals surface area contributed by atoms with Gasteiger partial charge in [-0.25, -0.2) is 9.59 Å². The van der Waals surface area contributed by atoms with Crippen molar-refractivity contribution in [1.29, 1.82) is 0 Å². The van der Waals surface area contributed by atoms with Gasteiger partial charge in [0.25, 0.3) is 0 Å². The smallest absolute Gasteiger partial charge is 0.398 e. The molecule has 52 heavy (non-hydrogen) atoms. The standard InChI is InChI=1S/C19H18ClF3N2O.C11H15N.C8H3ClF3NO/c1-11-5-6-12-3-2-4-17(14(12)9-11)25-18(26)24-13-7-8-16(20)15(10-13)19(21,22)23;1-8-5-6-9-3-2-4-11(12)10(9)7-8;9-7-2-1-5(13-4-14)3-6(7)8(10,11)12/h2-4,7-8,10-11H,5-6,9H2,1H3,(H2,24,25,26);2-4,8H,5-7,12H2,1H3;1-3H. The van der Waals surface area contributed by atoms with Gasteiger partial charge in [-0.1, -0.05) is 61.3 Å². The van der Waals surface area contributed by atoms with E-state index < -0.39 is 39.6 Å². The van der Waals surface area contributed by atoms with Gasteiger partial charge in [-0.3, -0.25) is 0 Å². The maximum Gasteiger partial charge on any atom is 0.417 e. The van der Waals surface area contributed by atoms with Crippen molar-refractivity contribution >= 4 is 58.1 Å². The van der Waals surface area contributed by atoms with Gasteiger partial charge in [-0.2, -0.15) is 31.3 Å². The first kappa shape index (κ1) is 40.3. The zero-order chi connectivity index (χ0) is 38.2. The number of nitrogens with zero attached hydrogens (tertiary/aromatic N) is 1. The van der Waals surface area contributed by atoms with Gasteiger partial charge in [0, 0.05) is 17.1 Å². The summed E-state index contributed by atoms with van der Waals surface area (Å²) in [6.07, 6.45) is -1.36. The highest BCUT2D eigenvalue weighted by molar-refractivity contribution is 6.31. The number of nitrogens with one attached hydrogen (secondary N) is 2. The van der Waals surface area contributed by atoms with Crippen LogP contribution in [0, 0.1) is 11.8 Å². The highest BCUT2D eigenvalue weighted by Gasteiger charge is 2.34. The number of aliphatic imine (C=N–C) groups is 1. The van der Waals surface area contributed by atoms with Gasteiger partial charge in [-0.15, -0.1) is 0 Å². The quantitative estimate of drug-likeness (QED) is 0.0838. The average Bonchev–Trinajstić information content (AvgIpc) is 3.07. The fourth-order valence-electron chi connectivity index (χ4n) is 6.03. The molecule has 2 amide bonds. The summed E-state index contributed by atoms with van der Waals surface area (Å²) in [7, 11) is 0. The highest BCUT2D eigenvalue weighted by Crippen LogP contribution is 2.38. The minimum Gasteiger partial charge on any atom is -0.398 e. The van der Waals surface area contributed by atoms with E-state index in [0.29, 0.717) is 17.7 Å². The fourth-order valence-corrected chi connectivity index (χ4v) is 6.48. The van der Waals surface area contributed by atoms with Crippen molar-refractivity contribution in [1.82, 2.24) is 0 Å². The molecule has 0 saturated heterocycles. The van der Waals surface area contributed by atoms with E-state index in [1.807, 2.05) is 18.2 Å². The molecule has 4 aromatic rings. The molecule has 0 saturated carbocycles. The van der Waals surface area contributed by atoms with E-state index in [1.54, 1.807) is 6.07 Å². The number of isocyanates is 1. The number of anilines is 3. The molecule has 276 valence electrons. The lowest BCUT2D eigenvalue weighted by Crippen LogP contribution is -2.22. The molecule has 6 nitrogen and oxygen atoms in total. The first-order valence-corrected chi connectivity index (χ1v) is 17.1. The van der Waals surface area contributed by atoms with Gasteiger partial charge < -0.3 is 16.4 Å². The SMILES string of the molecule is CC1CCc2cccc(N)c2C1.CC1CCc2cccc(NC(=O)Nc3ccc(Cl)c(C(F)(F)F)c3)c2C1.O=C=Nc1ccc(Cl)c(C(F)(F)F)c1. The molecular weight excluding hydrogens is 729 g/mol. The number of carbonyl (C=O) groups is 1. The Hall–Kier alpha value is -4.51. The Labute approximate surface area is 307 Å². The first-order valence-electron chi connectivity index (χ1n) is 16.3. The van der Waals surface area contributed by atoms with E-state index in [2.05, 4.69) is 41.6 Å². The van der Waals surface area contributed by atoms with Crippen LogP contribution in [0.15, 0.2) is 77.8 Å². The van der Waals surface area contributed by atoms with Crippen LogP contribution in [0.4, 0.5) is 53.9 Å². The van der Waals surface area contributed by atoms with Crippen LogP contribution in [-0.4, -0.2) is 12.1 Å². The van der Waals surface area contributed by atoms with Gasteiger partial charge >= 0.3 is 18.4 Å². The van der Waals surface area contributed by atoms with Crippen LogP contribution in [0.5, 0.6) is 0 Å². The molecule has 4 N–H and O–H groups in total. The van der Waals surface area contributed by atoms with E-state index in [-0.39, 0.29) is 11.4 Å². The molecule has 2 aliphatic carbocycles. The molecule has 2 aliphatic rings. The zero-order valence-corrected chi connectivity index (χ0v) is 29.7. The molecule has 2 atom stereocenters. The number of nitrogen functional groups attached to an aromatic ring is 1. The van der Waals surface area contributed by atoms with Gasteiger partial charge in [0.2, 0.25) is 6.08 Å². The van der Waals surface area contributed by atoms with Crippen LogP contribution in [0.1, 0.15) is 60.1 Å². The fraction of sp³-hybridized carbons (Fsp3) is 0.316. The summed E-state index contributed by atoms with van der Waals surface area (Å²) >= 11 is 10.9. The first-order chi connectivity index (χ1) is 24.5. The van der Waals surface area contributed by atoms with Gasteiger partial charge in [-0.05, 0) is 121 Å². The van der Waals surface area contributed by atoms with Crippen LogP contribution in [-0.2, 0) is 42.8 Å². The number of halogens is 8. The second-order valence-electron chi connectivity index (χ2n) is 12.8. The molecule has 0 heterocycles. The molecule has 0 aliphatic heterocycles. The summed E-state index contributed by atoms with van der Waals surface area (Å²) in [4.78, 5) is 25.1. The number of amides is 2. The lowest BCUT2D eigenvalue weighted by Gasteiger charge is -2.24. The number of alkyl halides is 6. The Balaban J connectivity index is 0.000000195. The Morgan fingerprint density at radius 2 is 1.31 bits per heavy atom. The number of urea groups is 1. The predicted molar refractivity (Wildman–Crippen MR) is 193 cm³/mol. The number of benzene rings is 4. The second kappa shape index (κ2) is 17.3. The minimum atomic E-state index is -4.58. The molecule has 0 aromatic heterocycles. The van der Waals surface area contributed by atoms with Crippen molar-refractivity contribution in [3.05, 3.63) is 116 Å². The number of nitrogens with two attached hydrogens (primary N) is 1. The van der Waals surface area contributed by atoms with Crippen LogP contribution >= 0.6 is 23.2 Å². The third-order valence-corrected chi connectivity index (χ3v) is 9.37. The third-order valence-electron chi connectivity index (χ3n) is 8.71. The predicted octanol–water partition coefficient (Wildman–Crippen LogP) is 11.8. The lowest BCUT2D eigenvalue weighted by atomic mass is 9.84. The molecular formula is C38H36Cl2F6N4O2. The number of aryl methyl sites for hydroxylation is 2. The van der Waals surface area contributed by atoms with Crippen molar-refractivity contribution in [2.75, 3.05) is 16.4 Å². The molecule has 14 heteroatoms. The summed E-state index contributed by atoms with van der Waals surface area (Å²) in [6, 6.07) is 17.6. The number of carbonyl (C=O) groups excluding carboxylic acids is 2. The lowest BCUT2D eigenvalue weighted by molar-refractivity contribution is -0.138. The molecule has 0 bridgehead atoms. The molecule has 0 fully saturated rings. The van der Waals surface area contributed by atoms with E-state index in [0.717, 1.165) is 60.7 Å². The van der Waals surface area contributed by atoms with Crippen LogP contribution in [0.2, 0.25) is 10.0 Å². The van der Waals surface area contributed by atoms with Gasteiger partial charge in [0.15, 0.2) is 0 Å². The normalized spacial score (nSPS) is 16.3. The summed E-state index contributed by atoms with van der Waals surface area (Å²) in [6.45, 7) is 4.46. The maximum absolute atomic E-state index is 12.9. The number of hydrogen-bond acceptors (Lipinski definition) is 4. The minimum absolute atomic E-state index is 0.0254. The third kappa shape index (κ3) is 11.0. The molecule has 2 unspecified atom stereocenters. The van der Waals surface area contributed by atoms with E-state index in [4.69, 9.17) is 28.9 Å². The zero-order valence-electron chi connectivity index (χ0n) is 28.2. The van der Waals surface area contributed by atoms with Crippen LogP contribution in [0.3, 0.4) is 0 Å². The highest BCUT2D eigenvalue weighted by atomic mass is 35.5. The van der Waals surface area contributed by atoms with E-state index in [1.165, 1.54) is 48.1 Å². The number of fused-ring (bicyclic) bond motifs is 2. The topological polar surface area (TPSA) is 96.6 Å². The molecule has 0 radical (unpaired) electrons. The maximum atomic E-state index is 12.9. The monoisotopic (exact) mass is 764 g/mol. The van der Waals surface area contributed by atoms with Crippen molar-refractivity contribution in [2.24, 2.45) is 16.8 Å². The Bertz CT molecular complexity index is 1940. The Morgan fingerprint density at radius 3 is 1.90 bits per heavy atom. The van der Waals surface area contributed by atoms with E-state index in [9.17, 15) is 35.9 Å². The number of hydrogen-bond donors (Lipinski definition) is 3. The molecule has 4 aromatic carbocycles. The number of rotatable bonds is 3. The van der Waals surface area contributed by atoms with Crippen molar-refractivity contribution in [3.63, 3.8) is 0 Å². The van der Waals surface area contributed by atoms with E-state index >= 15 is 0 Å². The van der Waals surface area contributed by atoms with Crippen molar-refractivity contribution in [3.8, 4) is 0 Å². The summed E-state index contributed by atoms with van der Waals surface area (Å²) in [5, 5.41) is 4.35. The Kier molecular flexibility index (Phi) is 13.4. The second-order valence-corrected chi connectivity index (χ2v) is 13.6. The average molecular weight is 766 g/mol. The molecule has 6 rings (SSSR count).